The van der Waals surface area contributed by atoms with Gasteiger partial charge in [-0.05, 0) is 50.4 Å². The fourth-order valence-electron chi connectivity index (χ4n) is 3.87. The van der Waals surface area contributed by atoms with Gasteiger partial charge in [-0.1, -0.05) is 33.1 Å². The van der Waals surface area contributed by atoms with Crippen molar-refractivity contribution >= 4 is 11.6 Å². The van der Waals surface area contributed by atoms with Crippen LogP contribution in [0.15, 0.2) is 0 Å². The van der Waals surface area contributed by atoms with E-state index in [1.807, 2.05) is 0 Å². The highest BCUT2D eigenvalue weighted by molar-refractivity contribution is 6.18. The molecular weight excluding hydrogens is 244 g/mol. The summed E-state index contributed by atoms with van der Waals surface area (Å²) in [5.74, 6) is 0.785. The van der Waals surface area contributed by atoms with E-state index < -0.39 is 0 Å². The molecule has 0 radical (unpaired) electrons. The van der Waals surface area contributed by atoms with Gasteiger partial charge in [0.15, 0.2) is 0 Å². The minimum Gasteiger partial charge on any atom is -0.372 e. The molecule has 1 atom stereocenters. The first kappa shape index (κ1) is 14.7. The average molecular weight is 273 g/mol. The zero-order valence-electron chi connectivity index (χ0n) is 12.1. The van der Waals surface area contributed by atoms with Crippen LogP contribution in [0.4, 0.5) is 0 Å². The van der Waals surface area contributed by atoms with Crippen LogP contribution in [0.1, 0.15) is 78.1 Å². The maximum Gasteiger partial charge on any atom is 0.0687 e. The molecular formula is C16H29ClO. The van der Waals surface area contributed by atoms with E-state index in [-0.39, 0.29) is 5.60 Å². The van der Waals surface area contributed by atoms with Crippen LogP contribution in [0.25, 0.3) is 0 Å². The third-order valence-electron chi connectivity index (χ3n) is 5.55. The summed E-state index contributed by atoms with van der Waals surface area (Å²) in [5, 5.41) is 0. The first-order chi connectivity index (χ1) is 8.67. The Balaban J connectivity index is 1.92. The summed E-state index contributed by atoms with van der Waals surface area (Å²) in [5.41, 5.74) is 0.578. The standard InChI is InChI=1S/C16H29ClO/c1-3-15(4-2,13-17)12-14-8-11-16(18-14)9-6-5-7-10-16/h14H,3-13H2,1-2H3. The van der Waals surface area contributed by atoms with E-state index in [0.717, 1.165) is 5.88 Å². The molecule has 2 aliphatic rings. The van der Waals surface area contributed by atoms with Crippen LogP contribution in [0, 0.1) is 5.41 Å². The van der Waals surface area contributed by atoms with Gasteiger partial charge in [0, 0.05) is 5.88 Å². The second-order valence-electron chi connectivity index (χ2n) is 6.57. The van der Waals surface area contributed by atoms with Crippen LogP contribution in [0.3, 0.4) is 0 Å². The van der Waals surface area contributed by atoms with Gasteiger partial charge in [-0.25, -0.2) is 0 Å². The molecule has 0 aromatic carbocycles. The molecule has 1 spiro atoms. The Kier molecular flexibility index (Phi) is 4.99. The zero-order chi connectivity index (χ0) is 13.1. The maximum absolute atomic E-state index is 6.49. The number of hydrogen-bond acceptors (Lipinski definition) is 1. The maximum atomic E-state index is 6.49. The zero-order valence-corrected chi connectivity index (χ0v) is 12.9. The van der Waals surface area contributed by atoms with Crippen molar-refractivity contribution in [3.8, 4) is 0 Å². The molecule has 1 unspecified atom stereocenters. The summed E-state index contributed by atoms with van der Waals surface area (Å²) < 4.78 is 6.49. The van der Waals surface area contributed by atoms with Crippen molar-refractivity contribution in [2.24, 2.45) is 5.41 Å². The van der Waals surface area contributed by atoms with Crippen molar-refractivity contribution in [1.82, 2.24) is 0 Å². The fourth-order valence-corrected chi connectivity index (χ4v) is 4.36. The Hall–Kier alpha value is 0.250. The number of ether oxygens (including phenoxy) is 1. The van der Waals surface area contributed by atoms with Crippen LogP contribution in [0.2, 0.25) is 0 Å². The number of rotatable bonds is 5. The smallest absolute Gasteiger partial charge is 0.0687 e. The van der Waals surface area contributed by atoms with E-state index in [0.29, 0.717) is 11.5 Å². The van der Waals surface area contributed by atoms with Crippen LogP contribution in [-0.2, 0) is 4.74 Å². The third-order valence-corrected chi connectivity index (χ3v) is 6.11. The van der Waals surface area contributed by atoms with Crippen LogP contribution in [0.5, 0.6) is 0 Å². The van der Waals surface area contributed by atoms with Crippen molar-refractivity contribution in [3.63, 3.8) is 0 Å². The summed E-state index contributed by atoms with van der Waals surface area (Å²) in [4.78, 5) is 0. The lowest BCUT2D eigenvalue weighted by molar-refractivity contribution is -0.0761. The Bertz CT molecular complexity index is 246. The summed E-state index contributed by atoms with van der Waals surface area (Å²) in [6.07, 6.45) is 13.3. The molecule has 18 heavy (non-hydrogen) atoms. The second-order valence-corrected chi connectivity index (χ2v) is 6.83. The third kappa shape index (κ3) is 3.04. The SMILES string of the molecule is CCC(CC)(CCl)CC1CCC2(CCCCC2)O1. The molecule has 1 saturated carbocycles. The molecule has 0 N–H and O–H groups in total. The molecule has 1 aliphatic carbocycles. The first-order valence-corrected chi connectivity index (χ1v) is 8.45. The van der Waals surface area contributed by atoms with Gasteiger partial charge in [0.25, 0.3) is 0 Å². The Morgan fingerprint density at radius 3 is 2.33 bits per heavy atom. The van der Waals surface area contributed by atoms with Gasteiger partial charge in [-0.15, -0.1) is 11.6 Å². The van der Waals surface area contributed by atoms with Gasteiger partial charge in [-0.3, -0.25) is 0 Å². The van der Waals surface area contributed by atoms with E-state index in [1.54, 1.807) is 0 Å². The van der Waals surface area contributed by atoms with Crippen molar-refractivity contribution in [2.75, 3.05) is 5.88 Å². The van der Waals surface area contributed by atoms with Gasteiger partial charge < -0.3 is 4.74 Å². The number of halogens is 1. The highest BCUT2D eigenvalue weighted by Gasteiger charge is 2.42. The molecule has 0 aromatic rings. The molecule has 1 aliphatic heterocycles. The predicted molar refractivity (Wildman–Crippen MR) is 78.3 cm³/mol. The largest absolute Gasteiger partial charge is 0.372 e. The van der Waals surface area contributed by atoms with Gasteiger partial charge >= 0.3 is 0 Å². The molecule has 1 nitrogen and oxygen atoms in total. The summed E-state index contributed by atoms with van der Waals surface area (Å²) in [6.45, 7) is 4.55. The van der Waals surface area contributed by atoms with E-state index in [4.69, 9.17) is 16.3 Å². The molecule has 2 heteroatoms. The molecule has 0 aromatic heterocycles. The lowest BCUT2D eigenvalue weighted by Gasteiger charge is -2.36. The van der Waals surface area contributed by atoms with Gasteiger partial charge in [0.1, 0.15) is 0 Å². The van der Waals surface area contributed by atoms with Gasteiger partial charge in [-0.2, -0.15) is 0 Å². The summed E-state index contributed by atoms with van der Waals surface area (Å²) in [6, 6.07) is 0. The minimum atomic E-state index is 0.266. The minimum absolute atomic E-state index is 0.266. The van der Waals surface area contributed by atoms with Crippen LogP contribution < -0.4 is 0 Å². The van der Waals surface area contributed by atoms with E-state index in [2.05, 4.69) is 13.8 Å². The first-order valence-electron chi connectivity index (χ1n) is 7.91. The second kappa shape index (κ2) is 6.13. The normalized spacial score (nSPS) is 27.8. The molecule has 2 fully saturated rings. The monoisotopic (exact) mass is 272 g/mol. The summed E-state index contributed by atoms with van der Waals surface area (Å²) >= 11 is 6.22. The Morgan fingerprint density at radius 2 is 1.78 bits per heavy atom. The Labute approximate surface area is 118 Å². The Morgan fingerprint density at radius 1 is 1.11 bits per heavy atom. The van der Waals surface area contributed by atoms with E-state index in [1.165, 1.54) is 64.2 Å². The molecule has 106 valence electrons. The quantitative estimate of drug-likeness (QED) is 0.617. The van der Waals surface area contributed by atoms with E-state index >= 15 is 0 Å². The summed E-state index contributed by atoms with van der Waals surface area (Å²) in [7, 11) is 0. The molecule has 1 heterocycles. The van der Waals surface area contributed by atoms with Crippen LogP contribution >= 0.6 is 11.6 Å². The van der Waals surface area contributed by atoms with Gasteiger partial charge in [0.05, 0.1) is 11.7 Å². The van der Waals surface area contributed by atoms with Crippen molar-refractivity contribution in [2.45, 2.75) is 89.8 Å². The molecule has 0 bridgehead atoms. The van der Waals surface area contributed by atoms with Crippen molar-refractivity contribution < 1.29 is 4.74 Å². The number of alkyl halides is 1. The average Bonchev–Trinajstić information content (AvgIpc) is 2.79. The number of hydrogen-bond donors (Lipinski definition) is 0. The lowest BCUT2D eigenvalue weighted by atomic mass is 9.78. The lowest BCUT2D eigenvalue weighted by Crippen LogP contribution is -2.33. The van der Waals surface area contributed by atoms with E-state index in [9.17, 15) is 0 Å². The van der Waals surface area contributed by atoms with Gasteiger partial charge in [0.2, 0.25) is 0 Å². The topological polar surface area (TPSA) is 9.23 Å². The van der Waals surface area contributed by atoms with Crippen LogP contribution in [-0.4, -0.2) is 17.6 Å². The fraction of sp³-hybridized carbons (Fsp3) is 1.00. The highest BCUT2D eigenvalue weighted by atomic mass is 35.5. The molecule has 0 amide bonds. The van der Waals surface area contributed by atoms with Crippen molar-refractivity contribution in [1.29, 1.82) is 0 Å². The molecule has 2 rings (SSSR count). The molecule has 1 saturated heterocycles. The highest BCUT2D eigenvalue weighted by Crippen LogP contribution is 2.45. The van der Waals surface area contributed by atoms with Crippen molar-refractivity contribution in [3.05, 3.63) is 0 Å². The predicted octanol–water partition coefficient (Wildman–Crippen LogP) is 5.30.